The molecule has 0 aliphatic carbocycles. The van der Waals surface area contributed by atoms with Gasteiger partial charge in [-0.1, -0.05) is 34.1 Å². The highest BCUT2D eigenvalue weighted by molar-refractivity contribution is 9.10. The smallest absolute Gasteiger partial charge is 0.255 e. The predicted octanol–water partition coefficient (Wildman–Crippen LogP) is 3.04. The molecule has 1 aromatic heterocycles. The molecule has 20 heavy (non-hydrogen) atoms. The van der Waals surface area contributed by atoms with Gasteiger partial charge in [0.05, 0.1) is 11.3 Å². The van der Waals surface area contributed by atoms with Gasteiger partial charge in [-0.05, 0) is 31.9 Å². The Hall–Kier alpha value is -1.62. The van der Waals surface area contributed by atoms with Gasteiger partial charge in [0.1, 0.15) is 0 Å². The van der Waals surface area contributed by atoms with Gasteiger partial charge >= 0.3 is 0 Å². The number of hydrogen-bond donors (Lipinski definition) is 1. The van der Waals surface area contributed by atoms with E-state index in [2.05, 4.69) is 26.3 Å². The molecule has 5 heteroatoms. The molecule has 0 saturated heterocycles. The Kier molecular flexibility index (Phi) is 4.28. The Bertz CT molecular complexity index is 661. The van der Waals surface area contributed by atoms with Crippen LogP contribution in [0.2, 0.25) is 0 Å². The molecular formula is C15H18BrN3O. The molecule has 0 radical (unpaired) electrons. The normalized spacial score (nSPS) is 10.7. The van der Waals surface area contributed by atoms with Crippen molar-refractivity contribution in [3.8, 4) is 0 Å². The highest BCUT2D eigenvalue weighted by Gasteiger charge is 2.17. The molecule has 0 saturated carbocycles. The second kappa shape index (κ2) is 5.79. The minimum Gasteiger partial charge on any atom is -0.348 e. The van der Waals surface area contributed by atoms with Crippen molar-refractivity contribution in [3.05, 3.63) is 50.8 Å². The number of carbonyl (C=O) groups is 1. The second-order valence-corrected chi connectivity index (χ2v) is 5.69. The molecule has 4 nitrogen and oxygen atoms in total. The first-order valence-electron chi connectivity index (χ1n) is 6.44. The van der Waals surface area contributed by atoms with Gasteiger partial charge in [0.2, 0.25) is 0 Å². The summed E-state index contributed by atoms with van der Waals surface area (Å²) in [4.78, 5) is 12.3. The van der Waals surface area contributed by atoms with Gasteiger partial charge in [-0.2, -0.15) is 5.10 Å². The quantitative estimate of drug-likeness (QED) is 0.937. The highest BCUT2D eigenvalue weighted by atomic mass is 79.9. The third-order valence-corrected chi connectivity index (χ3v) is 4.58. The number of carbonyl (C=O) groups excluding carboxylic acids is 1. The molecule has 1 heterocycles. The van der Waals surface area contributed by atoms with Crippen molar-refractivity contribution in [1.82, 2.24) is 15.1 Å². The number of aryl methyl sites for hydroxylation is 3. The van der Waals surface area contributed by atoms with Crippen molar-refractivity contribution in [2.75, 3.05) is 0 Å². The number of halogens is 1. The van der Waals surface area contributed by atoms with Gasteiger partial charge in [0.25, 0.3) is 5.91 Å². The molecule has 106 valence electrons. The Morgan fingerprint density at radius 2 is 2.05 bits per heavy atom. The third-order valence-electron chi connectivity index (χ3n) is 3.45. The van der Waals surface area contributed by atoms with E-state index in [1.54, 1.807) is 4.68 Å². The van der Waals surface area contributed by atoms with Crippen molar-refractivity contribution < 1.29 is 4.79 Å². The summed E-state index contributed by atoms with van der Waals surface area (Å²) in [6.45, 7) is 6.28. The lowest BCUT2D eigenvalue weighted by atomic mass is 10.1. The van der Waals surface area contributed by atoms with Crippen LogP contribution in [0.1, 0.15) is 32.9 Å². The number of nitrogens with one attached hydrogen (secondary N) is 1. The summed E-state index contributed by atoms with van der Waals surface area (Å²) in [6, 6.07) is 6.02. The first-order chi connectivity index (χ1) is 9.41. The van der Waals surface area contributed by atoms with Crippen molar-refractivity contribution in [1.29, 1.82) is 0 Å². The fraction of sp³-hybridized carbons (Fsp3) is 0.333. The zero-order valence-electron chi connectivity index (χ0n) is 12.1. The fourth-order valence-electron chi connectivity index (χ4n) is 2.21. The van der Waals surface area contributed by atoms with E-state index < -0.39 is 0 Å². The van der Waals surface area contributed by atoms with E-state index in [0.29, 0.717) is 12.1 Å². The summed E-state index contributed by atoms with van der Waals surface area (Å²) >= 11 is 3.55. The van der Waals surface area contributed by atoms with Crippen LogP contribution in [0.4, 0.5) is 0 Å². The molecule has 0 unspecified atom stereocenters. The molecule has 0 atom stereocenters. The Balaban J connectivity index is 2.15. The first-order valence-corrected chi connectivity index (χ1v) is 7.23. The van der Waals surface area contributed by atoms with Crippen molar-refractivity contribution in [2.24, 2.45) is 7.05 Å². The van der Waals surface area contributed by atoms with Gasteiger partial charge in [-0.3, -0.25) is 9.48 Å². The summed E-state index contributed by atoms with van der Waals surface area (Å²) in [5, 5.41) is 7.22. The van der Waals surface area contributed by atoms with Crippen LogP contribution < -0.4 is 5.32 Å². The van der Waals surface area contributed by atoms with Crippen LogP contribution in [-0.4, -0.2) is 15.7 Å². The van der Waals surface area contributed by atoms with Crippen LogP contribution in [0.15, 0.2) is 22.7 Å². The summed E-state index contributed by atoms with van der Waals surface area (Å²) in [7, 11) is 1.84. The first kappa shape index (κ1) is 14.8. The lowest BCUT2D eigenvalue weighted by Crippen LogP contribution is -2.24. The molecule has 2 aromatic rings. The van der Waals surface area contributed by atoms with Crippen LogP contribution in [0.25, 0.3) is 0 Å². The number of hydrogen-bond acceptors (Lipinski definition) is 2. The van der Waals surface area contributed by atoms with Gasteiger partial charge in [0, 0.05) is 23.8 Å². The molecule has 1 aromatic carbocycles. The van der Waals surface area contributed by atoms with Crippen LogP contribution in [0, 0.1) is 20.8 Å². The van der Waals surface area contributed by atoms with Crippen LogP contribution in [-0.2, 0) is 13.6 Å². The van der Waals surface area contributed by atoms with Gasteiger partial charge in [-0.15, -0.1) is 0 Å². The van der Waals surface area contributed by atoms with E-state index in [-0.39, 0.29) is 5.91 Å². The Morgan fingerprint density at radius 3 is 2.65 bits per heavy atom. The van der Waals surface area contributed by atoms with Crippen molar-refractivity contribution in [2.45, 2.75) is 27.3 Å². The second-order valence-electron chi connectivity index (χ2n) is 4.90. The molecular weight excluding hydrogens is 318 g/mol. The van der Waals surface area contributed by atoms with Gasteiger partial charge in [-0.25, -0.2) is 0 Å². The number of aromatic nitrogens is 2. The zero-order chi connectivity index (χ0) is 14.9. The topological polar surface area (TPSA) is 46.9 Å². The lowest BCUT2D eigenvalue weighted by Gasteiger charge is -2.09. The van der Waals surface area contributed by atoms with E-state index in [1.165, 1.54) is 0 Å². The largest absolute Gasteiger partial charge is 0.348 e. The highest BCUT2D eigenvalue weighted by Crippen LogP contribution is 2.21. The predicted molar refractivity (Wildman–Crippen MR) is 82.7 cm³/mol. The minimum absolute atomic E-state index is 0.0819. The molecule has 2 rings (SSSR count). The Labute approximate surface area is 127 Å². The van der Waals surface area contributed by atoms with Crippen LogP contribution in [0.3, 0.4) is 0 Å². The molecule has 0 fully saturated rings. The summed E-state index contributed by atoms with van der Waals surface area (Å²) in [5.41, 5.74) is 4.52. The Morgan fingerprint density at radius 1 is 1.35 bits per heavy atom. The van der Waals surface area contributed by atoms with E-state index in [4.69, 9.17) is 0 Å². The number of rotatable bonds is 3. The number of amides is 1. The third kappa shape index (κ3) is 2.77. The molecule has 0 bridgehead atoms. The monoisotopic (exact) mass is 335 g/mol. The number of benzene rings is 1. The maximum Gasteiger partial charge on any atom is 0.255 e. The average Bonchev–Trinajstić information content (AvgIpc) is 2.65. The molecule has 1 amide bonds. The fourth-order valence-corrected chi connectivity index (χ4v) is 2.62. The maximum atomic E-state index is 12.3. The maximum absolute atomic E-state index is 12.3. The van der Waals surface area contributed by atoms with E-state index in [9.17, 15) is 4.79 Å². The minimum atomic E-state index is -0.0819. The SMILES string of the molecule is Cc1cccc(CNC(=O)c2c(C)nn(C)c2C)c1Br. The molecule has 0 aliphatic rings. The standard InChI is InChI=1S/C15H18BrN3O/c1-9-6-5-7-12(14(9)16)8-17-15(20)13-10(2)18-19(4)11(13)3/h5-7H,8H2,1-4H3,(H,17,20). The molecule has 1 N–H and O–H groups in total. The number of nitrogens with zero attached hydrogens (tertiary/aromatic N) is 2. The van der Waals surface area contributed by atoms with E-state index >= 15 is 0 Å². The van der Waals surface area contributed by atoms with Crippen LogP contribution in [0.5, 0.6) is 0 Å². The van der Waals surface area contributed by atoms with Crippen molar-refractivity contribution in [3.63, 3.8) is 0 Å². The lowest BCUT2D eigenvalue weighted by molar-refractivity contribution is 0.0949. The van der Waals surface area contributed by atoms with E-state index in [1.807, 2.05) is 46.0 Å². The summed E-state index contributed by atoms with van der Waals surface area (Å²) < 4.78 is 2.77. The zero-order valence-corrected chi connectivity index (χ0v) is 13.7. The van der Waals surface area contributed by atoms with E-state index in [0.717, 1.165) is 27.0 Å². The molecule has 0 aliphatic heterocycles. The summed E-state index contributed by atoms with van der Waals surface area (Å²) in [6.07, 6.45) is 0. The van der Waals surface area contributed by atoms with Crippen molar-refractivity contribution >= 4 is 21.8 Å². The van der Waals surface area contributed by atoms with Gasteiger partial charge in [0.15, 0.2) is 0 Å². The van der Waals surface area contributed by atoms with Crippen LogP contribution >= 0.6 is 15.9 Å². The summed E-state index contributed by atoms with van der Waals surface area (Å²) in [5.74, 6) is -0.0819. The average molecular weight is 336 g/mol. The molecule has 0 spiro atoms. The van der Waals surface area contributed by atoms with Gasteiger partial charge < -0.3 is 5.32 Å².